The first-order valence-corrected chi connectivity index (χ1v) is 5.65. The van der Waals surface area contributed by atoms with Crippen LogP contribution < -0.4 is 5.32 Å². The summed E-state index contributed by atoms with van der Waals surface area (Å²) >= 11 is 0. The van der Waals surface area contributed by atoms with Crippen LogP contribution in [0.2, 0.25) is 0 Å². The number of carboxylic acid groups (broad SMARTS) is 1. The summed E-state index contributed by atoms with van der Waals surface area (Å²) in [5.41, 5.74) is 0. The van der Waals surface area contributed by atoms with Gasteiger partial charge in [-0.05, 0) is 19.3 Å². The zero-order valence-corrected chi connectivity index (χ0v) is 9.42. The van der Waals surface area contributed by atoms with Gasteiger partial charge in [0.15, 0.2) is 0 Å². The topological polar surface area (TPSA) is 66.4 Å². The van der Waals surface area contributed by atoms with Gasteiger partial charge in [0.1, 0.15) is 0 Å². The van der Waals surface area contributed by atoms with E-state index in [1.54, 1.807) is 0 Å². The molecule has 1 fully saturated rings. The van der Waals surface area contributed by atoms with E-state index in [0.717, 1.165) is 38.6 Å². The lowest BCUT2D eigenvalue weighted by Crippen LogP contribution is -2.21. The maximum Gasteiger partial charge on any atom is 0.303 e. The molecule has 0 saturated carbocycles. The predicted molar refractivity (Wildman–Crippen MR) is 58.6 cm³/mol. The number of unbranched alkanes of at least 4 members (excludes halogenated alkanes) is 1. The van der Waals surface area contributed by atoms with Gasteiger partial charge in [-0.3, -0.25) is 9.59 Å². The first-order valence-electron chi connectivity index (χ1n) is 5.65. The molecule has 0 unspecified atom stereocenters. The zero-order chi connectivity index (χ0) is 11.5. The summed E-state index contributed by atoms with van der Waals surface area (Å²) in [6, 6.07) is 0. The van der Waals surface area contributed by atoms with E-state index in [-0.39, 0.29) is 5.91 Å². The summed E-state index contributed by atoms with van der Waals surface area (Å²) in [6.07, 6.45) is 6.26. The number of rotatable bonds is 3. The normalized spacial score (nSPS) is 15.7. The van der Waals surface area contributed by atoms with Gasteiger partial charge in [0.05, 0.1) is 0 Å². The molecule has 15 heavy (non-hydrogen) atoms. The number of aliphatic carboxylic acids is 1. The Morgan fingerprint density at radius 2 is 2.13 bits per heavy atom. The van der Waals surface area contributed by atoms with Gasteiger partial charge >= 0.3 is 5.97 Å². The summed E-state index contributed by atoms with van der Waals surface area (Å²) < 4.78 is 0. The second-order valence-electron chi connectivity index (χ2n) is 3.66. The van der Waals surface area contributed by atoms with Crippen molar-refractivity contribution in [2.24, 2.45) is 0 Å². The molecule has 2 N–H and O–H groups in total. The van der Waals surface area contributed by atoms with E-state index in [4.69, 9.17) is 5.11 Å². The zero-order valence-electron chi connectivity index (χ0n) is 9.42. The molecule has 1 aliphatic heterocycles. The van der Waals surface area contributed by atoms with Gasteiger partial charge < -0.3 is 10.4 Å². The van der Waals surface area contributed by atoms with Crippen LogP contribution in [0.5, 0.6) is 0 Å². The Labute approximate surface area is 91.1 Å². The van der Waals surface area contributed by atoms with Crippen LogP contribution in [0.3, 0.4) is 0 Å². The average molecular weight is 215 g/mol. The highest BCUT2D eigenvalue weighted by molar-refractivity contribution is 5.75. The molecule has 0 bridgehead atoms. The van der Waals surface area contributed by atoms with Crippen LogP contribution in [0.25, 0.3) is 0 Å². The Bertz CT molecular complexity index is 182. The third-order valence-electron chi connectivity index (χ3n) is 2.15. The first kappa shape index (κ1) is 13.9. The Morgan fingerprint density at radius 3 is 2.67 bits per heavy atom. The van der Waals surface area contributed by atoms with Gasteiger partial charge in [-0.15, -0.1) is 0 Å². The second kappa shape index (κ2) is 9.49. The number of carbonyl (C=O) groups is 2. The smallest absolute Gasteiger partial charge is 0.303 e. The van der Waals surface area contributed by atoms with Crippen molar-refractivity contribution in [1.29, 1.82) is 0 Å². The first-order chi connectivity index (χ1) is 7.16. The van der Waals surface area contributed by atoms with Crippen molar-refractivity contribution in [2.75, 3.05) is 6.54 Å². The molecule has 1 amide bonds. The molecule has 0 aliphatic carbocycles. The summed E-state index contributed by atoms with van der Waals surface area (Å²) in [7, 11) is 0. The van der Waals surface area contributed by atoms with Gasteiger partial charge in [-0.2, -0.15) is 0 Å². The van der Waals surface area contributed by atoms with Crippen molar-refractivity contribution in [3.63, 3.8) is 0 Å². The van der Waals surface area contributed by atoms with Gasteiger partial charge in [-0.1, -0.05) is 19.8 Å². The lowest BCUT2D eigenvalue weighted by molar-refractivity contribution is -0.137. The van der Waals surface area contributed by atoms with Crippen LogP contribution in [-0.4, -0.2) is 23.5 Å². The maximum atomic E-state index is 10.6. The SMILES string of the molecule is CCCCC(=O)O.O=C1CCCCCN1. The van der Waals surface area contributed by atoms with E-state index >= 15 is 0 Å². The largest absolute Gasteiger partial charge is 0.481 e. The highest BCUT2D eigenvalue weighted by Gasteiger charge is 2.03. The van der Waals surface area contributed by atoms with Crippen molar-refractivity contribution in [2.45, 2.75) is 51.9 Å². The summed E-state index contributed by atoms with van der Waals surface area (Å²) in [4.78, 5) is 20.3. The molecule has 1 heterocycles. The number of hydrogen-bond donors (Lipinski definition) is 2. The molecule has 0 spiro atoms. The summed E-state index contributed by atoms with van der Waals surface area (Å²) in [6.45, 7) is 2.86. The highest BCUT2D eigenvalue weighted by Crippen LogP contribution is 2.02. The minimum absolute atomic E-state index is 0.225. The molecule has 88 valence electrons. The van der Waals surface area contributed by atoms with Crippen LogP contribution >= 0.6 is 0 Å². The van der Waals surface area contributed by atoms with Gasteiger partial charge in [0.25, 0.3) is 0 Å². The van der Waals surface area contributed by atoms with Gasteiger partial charge in [0.2, 0.25) is 5.91 Å². The van der Waals surface area contributed by atoms with E-state index in [0.29, 0.717) is 6.42 Å². The number of carbonyl (C=O) groups excluding carboxylic acids is 1. The second-order valence-corrected chi connectivity index (χ2v) is 3.66. The fourth-order valence-electron chi connectivity index (χ4n) is 1.23. The molecular formula is C11H21NO3. The molecular weight excluding hydrogens is 194 g/mol. The number of hydrogen-bond acceptors (Lipinski definition) is 2. The van der Waals surface area contributed by atoms with Gasteiger partial charge in [0, 0.05) is 19.4 Å². The van der Waals surface area contributed by atoms with Crippen LogP contribution in [0, 0.1) is 0 Å². The van der Waals surface area contributed by atoms with Crippen molar-refractivity contribution in [3.8, 4) is 0 Å². The van der Waals surface area contributed by atoms with E-state index in [2.05, 4.69) is 5.32 Å². The molecule has 0 radical (unpaired) electrons. The molecule has 0 aromatic heterocycles. The minimum atomic E-state index is -0.693. The fraction of sp³-hybridized carbons (Fsp3) is 0.818. The molecule has 4 nitrogen and oxygen atoms in total. The van der Waals surface area contributed by atoms with E-state index < -0.39 is 5.97 Å². The molecule has 1 rings (SSSR count). The quantitative estimate of drug-likeness (QED) is 0.756. The van der Waals surface area contributed by atoms with Crippen molar-refractivity contribution < 1.29 is 14.7 Å². The Kier molecular flexibility index (Phi) is 8.82. The third-order valence-corrected chi connectivity index (χ3v) is 2.15. The van der Waals surface area contributed by atoms with E-state index in [1.807, 2.05) is 6.92 Å². The fourth-order valence-corrected chi connectivity index (χ4v) is 1.23. The molecule has 0 atom stereocenters. The van der Waals surface area contributed by atoms with Crippen molar-refractivity contribution >= 4 is 11.9 Å². The maximum absolute atomic E-state index is 10.6. The summed E-state index contributed by atoms with van der Waals surface area (Å²) in [5, 5.41) is 10.9. The van der Waals surface area contributed by atoms with Crippen LogP contribution in [0.4, 0.5) is 0 Å². The standard InChI is InChI=1S/C6H11NO.C5H10O2/c8-6-4-2-1-3-5-7-6;1-2-3-4-5(6)7/h1-5H2,(H,7,8);2-4H2,1H3,(H,6,7). The van der Waals surface area contributed by atoms with E-state index in [1.165, 1.54) is 6.42 Å². The highest BCUT2D eigenvalue weighted by atomic mass is 16.4. The summed E-state index contributed by atoms with van der Waals surface area (Å²) in [5.74, 6) is -0.468. The third kappa shape index (κ3) is 10.9. The number of amides is 1. The van der Waals surface area contributed by atoms with Crippen LogP contribution in [0.15, 0.2) is 0 Å². The number of nitrogens with one attached hydrogen (secondary N) is 1. The lowest BCUT2D eigenvalue weighted by atomic mass is 10.2. The molecule has 0 aromatic carbocycles. The van der Waals surface area contributed by atoms with Crippen molar-refractivity contribution in [1.82, 2.24) is 5.32 Å². The van der Waals surface area contributed by atoms with Crippen molar-refractivity contribution in [3.05, 3.63) is 0 Å². The molecule has 4 heteroatoms. The van der Waals surface area contributed by atoms with E-state index in [9.17, 15) is 9.59 Å². The monoisotopic (exact) mass is 215 g/mol. The number of carboxylic acids is 1. The van der Waals surface area contributed by atoms with Gasteiger partial charge in [-0.25, -0.2) is 0 Å². The Hall–Kier alpha value is -1.06. The molecule has 1 saturated heterocycles. The average Bonchev–Trinajstić information content (AvgIpc) is 2.43. The van der Waals surface area contributed by atoms with Crippen LogP contribution in [-0.2, 0) is 9.59 Å². The van der Waals surface area contributed by atoms with Crippen LogP contribution in [0.1, 0.15) is 51.9 Å². The Balaban J connectivity index is 0.000000265. The predicted octanol–water partition coefficient (Wildman–Crippen LogP) is 1.94. The molecule has 0 aromatic rings. The minimum Gasteiger partial charge on any atom is -0.481 e. The lowest BCUT2D eigenvalue weighted by Gasteiger charge is -1.93. The molecule has 1 aliphatic rings. The Morgan fingerprint density at radius 1 is 1.40 bits per heavy atom.